The van der Waals surface area contributed by atoms with Gasteiger partial charge in [-0.15, -0.1) is 0 Å². The van der Waals surface area contributed by atoms with Crippen LogP contribution in [0.5, 0.6) is 11.5 Å². The Kier molecular flexibility index (Phi) is 8.46. The molecule has 2 N–H and O–H groups in total. The number of para-hydroxylation sites is 1. The fourth-order valence-electron chi connectivity index (χ4n) is 3.84. The van der Waals surface area contributed by atoms with Crippen LogP contribution in [0.15, 0.2) is 78.9 Å². The molecule has 0 aliphatic rings. The maximum atomic E-state index is 13.4. The normalized spacial score (nSPS) is 14.6. The number of anilines is 1. The standard InChI is InChI=1S/C26H22F9NO3/c1-16(22(37)24(27,28)29)36(19-9-6-12-21(14-19)39-20-10-3-2-4-11-20)15-17-7-5-8-18(13-17)23(38,25(30,31)32)26(33,34)35/h2-14,16,22,37-38H,15H2,1H3. The Labute approximate surface area is 216 Å². The van der Waals surface area contributed by atoms with Gasteiger partial charge in [0.25, 0.3) is 5.60 Å². The number of ether oxygens (including phenoxy) is 1. The van der Waals surface area contributed by atoms with Gasteiger partial charge in [-0.2, -0.15) is 39.5 Å². The summed E-state index contributed by atoms with van der Waals surface area (Å²) < 4.78 is 126. The molecule has 212 valence electrons. The number of alkyl halides is 9. The number of aliphatic hydroxyl groups excluding tert-OH is 1. The van der Waals surface area contributed by atoms with Gasteiger partial charge < -0.3 is 19.8 Å². The number of halogens is 9. The van der Waals surface area contributed by atoms with Gasteiger partial charge in [0.15, 0.2) is 6.10 Å². The fourth-order valence-corrected chi connectivity index (χ4v) is 3.84. The third kappa shape index (κ3) is 6.59. The summed E-state index contributed by atoms with van der Waals surface area (Å²) >= 11 is 0. The second-order valence-electron chi connectivity index (χ2n) is 8.67. The van der Waals surface area contributed by atoms with E-state index in [2.05, 4.69) is 0 Å². The molecule has 4 nitrogen and oxygen atoms in total. The van der Waals surface area contributed by atoms with Gasteiger partial charge in [0.05, 0.1) is 6.04 Å². The van der Waals surface area contributed by atoms with E-state index in [1.54, 1.807) is 30.3 Å². The van der Waals surface area contributed by atoms with Crippen LogP contribution in [0.4, 0.5) is 45.2 Å². The number of hydrogen-bond acceptors (Lipinski definition) is 4. The zero-order chi connectivity index (χ0) is 29.2. The van der Waals surface area contributed by atoms with Gasteiger partial charge in [-0.1, -0.05) is 48.5 Å². The molecule has 0 saturated heterocycles. The highest BCUT2D eigenvalue weighted by Gasteiger charge is 2.71. The lowest BCUT2D eigenvalue weighted by molar-refractivity contribution is -0.376. The van der Waals surface area contributed by atoms with Crippen molar-refractivity contribution in [3.8, 4) is 11.5 Å². The van der Waals surface area contributed by atoms with E-state index in [0.29, 0.717) is 17.9 Å². The third-order valence-corrected chi connectivity index (χ3v) is 5.93. The first kappa shape index (κ1) is 30.1. The molecule has 0 saturated carbocycles. The summed E-state index contributed by atoms with van der Waals surface area (Å²) in [7, 11) is 0. The minimum Gasteiger partial charge on any atom is -0.457 e. The van der Waals surface area contributed by atoms with Crippen molar-refractivity contribution in [2.24, 2.45) is 0 Å². The second-order valence-corrected chi connectivity index (χ2v) is 8.67. The Hall–Kier alpha value is -3.45. The van der Waals surface area contributed by atoms with E-state index in [1.165, 1.54) is 24.3 Å². The highest BCUT2D eigenvalue weighted by Crippen LogP contribution is 2.50. The summed E-state index contributed by atoms with van der Waals surface area (Å²) in [6.07, 6.45) is -20.3. The van der Waals surface area contributed by atoms with Crippen LogP contribution in [-0.2, 0) is 12.1 Å². The molecule has 0 amide bonds. The number of hydrogen-bond donors (Lipinski definition) is 2. The van der Waals surface area contributed by atoms with Crippen molar-refractivity contribution in [3.05, 3.63) is 90.0 Å². The number of aliphatic hydroxyl groups is 2. The molecular weight excluding hydrogens is 545 g/mol. The quantitative estimate of drug-likeness (QED) is 0.285. The van der Waals surface area contributed by atoms with Crippen LogP contribution in [0.1, 0.15) is 18.1 Å². The molecule has 0 aliphatic heterocycles. The minimum atomic E-state index is -6.15. The van der Waals surface area contributed by atoms with E-state index in [1.807, 2.05) is 0 Å². The Morgan fingerprint density at radius 3 is 1.87 bits per heavy atom. The van der Waals surface area contributed by atoms with Gasteiger partial charge in [-0.25, -0.2) is 0 Å². The van der Waals surface area contributed by atoms with Crippen molar-refractivity contribution in [1.82, 2.24) is 0 Å². The van der Waals surface area contributed by atoms with E-state index < -0.39 is 48.4 Å². The van der Waals surface area contributed by atoms with Crippen LogP contribution in [0, 0.1) is 0 Å². The second kappa shape index (κ2) is 11.0. The molecule has 0 fully saturated rings. The molecule has 3 rings (SSSR count). The molecule has 0 aliphatic carbocycles. The minimum absolute atomic E-state index is 0.0199. The smallest absolute Gasteiger partial charge is 0.430 e. The van der Waals surface area contributed by atoms with Gasteiger partial charge >= 0.3 is 18.5 Å². The van der Waals surface area contributed by atoms with Crippen molar-refractivity contribution in [2.75, 3.05) is 4.90 Å². The predicted molar refractivity (Wildman–Crippen MR) is 123 cm³/mol. The zero-order valence-corrected chi connectivity index (χ0v) is 20.0. The largest absolute Gasteiger partial charge is 0.457 e. The van der Waals surface area contributed by atoms with Gasteiger partial charge in [-0.05, 0) is 36.8 Å². The fraction of sp³-hybridized carbons (Fsp3) is 0.308. The van der Waals surface area contributed by atoms with Crippen molar-refractivity contribution in [1.29, 1.82) is 0 Å². The molecular formula is C26H22F9NO3. The molecule has 2 unspecified atom stereocenters. The molecule has 39 heavy (non-hydrogen) atoms. The number of benzene rings is 3. The van der Waals surface area contributed by atoms with Crippen LogP contribution in [0.3, 0.4) is 0 Å². The lowest BCUT2D eigenvalue weighted by atomic mass is 9.91. The third-order valence-electron chi connectivity index (χ3n) is 5.93. The first-order valence-corrected chi connectivity index (χ1v) is 11.2. The van der Waals surface area contributed by atoms with Crippen LogP contribution in [0.2, 0.25) is 0 Å². The van der Waals surface area contributed by atoms with Crippen molar-refractivity contribution >= 4 is 5.69 Å². The summed E-state index contributed by atoms with van der Waals surface area (Å²) in [5.41, 5.74) is -7.06. The summed E-state index contributed by atoms with van der Waals surface area (Å²) in [5, 5.41) is 19.7. The summed E-state index contributed by atoms with van der Waals surface area (Å²) in [5.74, 6) is 0.547. The number of nitrogens with zero attached hydrogens (tertiary/aromatic N) is 1. The molecule has 0 heterocycles. The summed E-state index contributed by atoms with van der Waals surface area (Å²) in [4.78, 5) is 0.954. The van der Waals surface area contributed by atoms with E-state index in [9.17, 15) is 49.7 Å². The Balaban J connectivity index is 2.05. The SMILES string of the molecule is CC(C(O)C(F)(F)F)N(Cc1cccc(C(O)(C(F)(F)F)C(F)(F)F)c1)c1cccc(Oc2ccccc2)c1. The van der Waals surface area contributed by atoms with Crippen LogP contribution < -0.4 is 9.64 Å². The molecule has 0 bridgehead atoms. The average molecular weight is 567 g/mol. The molecule has 0 spiro atoms. The van der Waals surface area contributed by atoms with Crippen LogP contribution in [-0.4, -0.2) is 40.9 Å². The maximum Gasteiger partial charge on any atom is 0.430 e. The predicted octanol–water partition coefficient (Wildman–Crippen LogP) is 7.11. The van der Waals surface area contributed by atoms with Gasteiger partial charge in [-0.3, -0.25) is 0 Å². The topological polar surface area (TPSA) is 52.9 Å². The van der Waals surface area contributed by atoms with E-state index in [0.717, 1.165) is 24.0 Å². The lowest BCUT2D eigenvalue weighted by Gasteiger charge is -2.36. The Morgan fingerprint density at radius 1 is 0.744 bits per heavy atom. The highest BCUT2D eigenvalue weighted by molar-refractivity contribution is 5.53. The van der Waals surface area contributed by atoms with Crippen molar-refractivity contribution in [2.45, 2.75) is 49.7 Å². The maximum absolute atomic E-state index is 13.4. The van der Waals surface area contributed by atoms with Crippen LogP contribution in [0.25, 0.3) is 0 Å². The monoisotopic (exact) mass is 567 g/mol. The van der Waals surface area contributed by atoms with E-state index in [4.69, 9.17) is 4.74 Å². The first-order chi connectivity index (χ1) is 17.9. The lowest BCUT2D eigenvalue weighted by Crippen LogP contribution is -2.54. The average Bonchev–Trinajstić information content (AvgIpc) is 2.85. The number of rotatable bonds is 8. The summed E-state index contributed by atoms with van der Waals surface area (Å²) in [6, 6.07) is 14.8. The molecule has 13 heteroatoms. The highest BCUT2D eigenvalue weighted by atomic mass is 19.4. The van der Waals surface area contributed by atoms with E-state index >= 15 is 0 Å². The van der Waals surface area contributed by atoms with E-state index in [-0.39, 0.29) is 17.0 Å². The molecule has 0 radical (unpaired) electrons. The van der Waals surface area contributed by atoms with Crippen LogP contribution >= 0.6 is 0 Å². The first-order valence-electron chi connectivity index (χ1n) is 11.2. The molecule has 3 aromatic rings. The zero-order valence-electron chi connectivity index (χ0n) is 20.0. The Morgan fingerprint density at radius 2 is 1.31 bits per heavy atom. The molecule has 2 atom stereocenters. The molecule has 3 aromatic carbocycles. The Bertz CT molecular complexity index is 1230. The van der Waals surface area contributed by atoms with Gasteiger partial charge in [0.2, 0.25) is 0 Å². The summed E-state index contributed by atoms with van der Waals surface area (Å²) in [6.45, 7) is 0.331. The molecule has 0 aromatic heterocycles. The van der Waals surface area contributed by atoms with Gasteiger partial charge in [0.1, 0.15) is 11.5 Å². The van der Waals surface area contributed by atoms with Crippen molar-refractivity contribution < 1.29 is 54.5 Å². The van der Waals surface area contributed by atoms with Gasteiger partial charge in [0, 0.05) is 23.9 Å². The van der Waals surface area contributed by atoms with Crippen molar-refractivity contribution in [3.63, 3.8) is 0 Å².